The third kappa shape index (κ3) is 3.85. The molecule has 0 atom stereocenters. The molecule has 6 heteroatoms. The Morgan fingerprint density at radius 1 is 0.774 bits per heavy atom. The molecule has 0 radical (unpaired) electrons. The Labute approximate surface area is 191 Å². The summed E-state index contributed by atoms with van der Waals surface area (Å²) in [4.78, 5) is 28.2. The van der Waals surface area contributed by atoms with E-state index in [1.807, 2.05) is 51.1 Å². The Morgan fingerprint density at radius 3 is 2.19 bits per heavy atom. The normalized spacial score (nSPS) is 13.9. The van der Waals surface area contributed by atoms with Crippen LogP contribution >= 0.6 is 23.2 Å². The highest BCUT2D eigenvalue weighted by molar-refractivity contribution is 6.48. The SMILES string of the molecule is Cc1ccc(C2=C(Nc3ccc(C)c(Cl)c3)C(=O)N(c3ccccc3Cl)C2=O)c(C)c1. The van der Waals surface area contributed by atoms with Gasteiger partial charge in [0.25, 0.3) is 11.8 Å². The number of carbonyl (C=O) groups is 2. The highest BCUT2D eigenvalue weighted by Crippen LogP contribution is 2.38. The van der Waals surface area contributed by atoms with Crippen molar-refractivity contribution in [3.8, 4) is 0 Å². The first-order valence-electron chi connectivity index (χ1n) is 9.76. The molecule has 0 saturated carbocycles. The van der Waals surface area contributed by atoms with Gasteiger partial charge in [0.1, 0.15) is 5.70 Å². The zero-order chi connectivity index (χ0) is 22.3. The molecule has 0 aromatic heterocycles. The van der Waals surface area contributed by atoms with Gasteiger partial charge in [-0.2, -0.15) is 0 Å². The van der Waals surface area contributed by atoms with Gasteiger partial charge in [-0.05, 0) is 61.7 Å². The molecule has 0 saturated heterocycles. The van der Waals surface area contributed by atoms with Crippen LogP contribution in [0, 0.1) is 20.8 Å². The molecule has 4 nitrogen and oxygen atoms in total. The molecule has 0 aliphatic carbocycles. The molecule has 3 aromatic carbocycles. The second-order valence-electron chi connectivity index (χ2n) is 7.55. The zero-order valence-electron chi connectivity index (χ0n) is 17.3. The Morgan fingerprint density at radius 2 is 1.52 bits per heavy atom. The Balaban J connectivity index is 1.88. The maximum absolute atomic E-state index is 13.6. The number of hydrogen-bond acceptors (Lipinski definition) is 3. The number of carbonyl (C=O) groups excluding carboxylic acids is 2. The van der Waals surface area contributed by atoms with Crippen LogP contribution in [0.25, 0.3) is 5.57 Å². The van der Waals surface area contributed by atoms with Crippen LogP contribution in [-0.2, 0) is 9.59 Å². The minimum atomic E-state index is -0.468. The lowest BCUT2D eigenvalue weighted by Gasteiger charge is -2.17. The summed E-state index contributed by atoms with van der Waals surface area (Å²) in [5, 5.41) is 4.03. The summed E-state index contributed by atoms with van der Waals surface area (Å²) in [5.74, 6) is -0.893. The average Bonchev–Trinajstić information content (AvgIpc) is 2.95. The van der Waals surface area contributed by atoms with E-state index in [1.165, 1.54) is 0 Å². The van der Waals surface area contributed by atoms with E-state index in [0.29, 0.717) is 32.6 Å². The van der Waals surface area contributed by atoms with Crippen LogP contribution in [-0.4, -0.2) is 11.8 Å². The molecule has 1 aliphatic rings. The maximum Gasteiger partial charge on any atom is 0.282 e. The maximum atomic E-state index is 13.6. The fraction of sp³-hybridized carbons (Fsp3) is 0.120. The van der Waals surface area contributed by atoms with Crippen molar-refractivity contribution in [1.82, 2.24) is 0 Å². The number of amides is 2. The lowest BCUT2D eigenvalue weighted by Crippen LogP contribution is -2.32. The fourth-order valence-electron chi connectivity index (χ4n) is 3.66. The molecule has 1 N–H and O–H groups in total. The van der Waals surface area contributed by atoms with Gasteiger partial charge < -0.3 is 5.32 Å². The molecule has 1 aliphatic heterocycles. The van der Waals surface area contributed by atoms with Gasteiger partial charge in [0.2, 0.25) is 0 Å². The number of benzene rings is 3. The van der Waals surface area contributed by atoms with Gasteiger partial charge in [-0.25, -0.2) is 4.90 Å². The van der Waals surface area contributed by atoms with Gasteiger partial charge in [-0.1, -0.05) is 65.2 Å². The molecule has 0 unspecified atom stereocenters. The van der Waals surface area contributed by atoms with Crippen LogP contribution < -0.4 is 10.2 Å². The molecular formula is C25H20Cl2N2O2. The minimum Gasteiger partial charge on any atom is -0.350 e. The summed E-state index contributed by atoms with van der Waals surface area (Å²) < 4.78 is 0. The highest BCUT2D eigenvalue weighted by Gasteiger charge is 2.41. The summed E-state index contributed by atoms with van der Waals surface area (Å²) >= 11 is 12.6. The molecule has 1 heterocycles. The first-order valence-corrected chi connectivity index (χ1v) is 10.5. The van der Waals surface area contributed by atoms with Crippen LogP contribution in [0.2, 0.25) is 10.0 Å². The molecule has 0 bridgehead atoms. The van der Waals surface area contributed by atoms with E-state index in [1.54, 1.807) is 30.3 Å². The van der Waals surface area contributed by atoms with E-state index < -0.39 is 11.8 Å². The number of nitrogens with one attached hydrogen (secondary N) is 1. The molecule has 2 amide bonds. The summed E-state index contributed by atoms with van der Waals surface area (Å²) in [6, 6.07) is 18.0. The molecule has 4 rings (SSSR count). The number of imide groups is 1. The van der Waals surface area contributed by atoms with Crippen molar-refractivity contribution in [2.24, 2.45) is 0 Å². The van der Waals surface area contributed by atoms with Gasteiger partial charge in [-0.15, -0.1) is 0 Å². The van der Waals surface area contributed by atoms with E-state index in [4.69, 9.17) is 23.2 Å². The van der Waals surface area contributed by atoms with Gasteiger partial charge in [0, 0.05) is 10.7 Å². The number of nitrogens with zero attached hydrogens (tertiary/aromatic N) is 1. The molecular weight excluding hydrogens is 431 g/mol. The van der Waals surface area contributed by atoms with Crippen molar-refractivity contribution < 1.29 is 9.59 Å². The first-order chi connectivity index (χ1) is 14.8. The Hall–Kier alpha value is -3.08. The van der Waals surface area contributed by atoms with E-state index in [2.05, 4.69) is 5.32 Å². The summed E-state index contributed by atoms with van der Waals surface area (Å²) in [7, 11) is 0. The fourth-order valence-corrected chi connectivity index (χ4v) is 4.06. The molecule has 0 fully saturated rings. The average molecular weight is 451 g/mol. The lowest BCUT2D eigenvalue weighted by molar-refractivity contribution is -0.120. The molecule has 3 aromatic rings. The summed E-state index contributed by atoms with van der Waals surface area (Å²) in [5.41, 5.74) is 5.05. The minimum absolute atomic E-state index is 0.191. The molecule has 156 valence electrons. The van der Waals surface area contributed by atoms with Crippen LogP contribution in [0.3, 0.4) is 0 Å². The van der Waals surface area contributed by atoms with Crippen LogP contribution in [0.4, 0.5) is 11.4 Å². The topological polar surface area (TPSA) is 49.4 Å². The van der Waals surface area contributed by atoms with Crippen molar-refractivity contribution in [2.75, 3.05) is 10.2 Å². The van der Waals surface area contributed by atoms with E-state index in [-0.39, 0.29) is 5.70 Å². The number of para-hydroxylation sites is 1. The van der Waals surface area contributed by atoms with Crippen molar-refractivity contribution in [3.63, 3.8) is 0 Å². The molecule has 31 heavy (non-hydrogen) atoms. The van der Waals surface area contributed by atoms with Crippen molar-refractivity contribution in [1.29, 1.82) is 0 Å². The second-order valence-corrected chi connectivity index (χ2v) is 8.37. The van der Waals surface area contributed by atoms with Crippen molar-refractivity contribution >= 4 is 52.0 Å². The third-order valence-corrected chi connectivity index (χ3v) is 6.00. The number of anilines is 2. The Bertz CT molecular complexity index is 1260. The van der Waals surface area contributed by atoms with Crippen LogP contribution in [0.5, 0.6) is 0 Å². The van der Waals surface area contributed by atoms with Crippen LogP contribution in [0.15, 0.2) is 66.4 Å². The van der Waals surface area contributed by atoms with E-state index >= 15 is 0 Å². The largest absolute Gasteiger partial charge is 0.350 e. The van der Waals surface area contributed by atoms with Crippen molar-refractivity contribution in [2.45, 2.75) is 20.8 Å². The Kier molecular flexibility index (Phi) is 5.61. The lowest BCUT2D eigenvalue weighted by atomic mass is 9.97. The summed E-state index contributed by atoms with van der Waals surface area (Å²) in [6.45, 7) is 5.80. The third-order valence-electron chi connectivity index (χ3n) is 5.27. The smallest absolute Gasteiger partial charge is 0.282 e. The number of halogens is 2. The van der Waals surface area contributed by atoms with Crippen LogP contribution in [0.1, 0.15) is 22.3 Å². The quantitative estimate of drug-likeness (QED) is 0.473. The predicted octanol–water partition coefficient (Wildman–Crippen LogP) is 6.32. The van der Waals surface area contributed by atoms with E-state index in [0.717, 1.165) is 21.6 Å². The van der Waals surface area contributed by atoms with E-state index in [9.17, 15) is 9.59 Å². The first kappa shape index (κ1) is 21.2. The van der Waals surface area contributed by atoms with Gasteiger partial charge in [-0.3, -0.25) is 9.59 Å². The highest BCUT2D eigenvalue weighted by atomic mass is 35.5. The standard InChI is InChI=1S/C25H20Cl2N2O2/c1-14-8-11-18(16(3)12-14)22-23(28-17-10-9-15(2)20(27)13-17)25(31)29(24(22)30)21-7-5-4-6-19(21)26/h4-13,28H,1-3H3. The summed E-state index contributed by atoms with van der Waals surface area (Å²) in [6.07, 6.45) is 0. The molecule has 0 spiro atoms. The monoisotopic (exact) mass is 450 g/mol. The second kappa shape index (κ2) is 8.22. The number of aryl methyl sites for hydroxylation is 3. The number of rotatable bonds is 4. The zero-order valence-corrected chi connectivity index (χ0v) is 18.8. The van der Waals surface area contributed by atoms with Gasteiger partial charge in [0.15, 0.2) is 0 Å². The predicted molar refractivity (Wildman–Crippen MR) is 127 cm³/mol. The van der Waals surface area contributed by atoms with Crippen molar-refractivity contribution in [3.05, 3.63) is 98.7 Å². The van der Waals surface area contributed by atoms with Gasteiger partial charge in [0.05, 0.1) is 16.3 Å². The van der Waals surface area contributed by atoms with Gasteiger partial charge >= 0.3 is 0 Å². The number of hydrogen-bond donors (Lipinski definition) is 1.